The molecule has 0 radical (unpaired) electrons. The van der Waals surface area contributed by atoms with E-state index in [1.54, 1.807) is 0 Å². The molecule has 0 aromatic heterocycles. The lowest BCUT2D eigenvalue weighted by molar-refractivity contribution is 0.438. The average Bonchev–Trinajstić information content (AvgIpc) is 2.32. The van der Waals surface area contributed by atoms with Crippen LogP contribution in [0, 0.1) is 12.8 Å². The summed E-state index contributed by atoms with van der Waals surface area (Å²) in [7, 11) is 0. The van der Waals surface area contributed by atoms with Gasteiger partial charge in [-0.3, -0.25) is 0 Å². The van der Waals surface area contributed by atoms with Gasteiger partial charge in [0.25, 0.3) is 0 Å². The molecule has 1 unspecified atom stereocenters. The summed E-state index contributed by atoms with van der Waals surface area (Å²) in [6.07, 6.45) is 4.69. The Morgan fingerprint density at radius 3 is 2.67 bits per heavy atom. The fraction of sp³-hybridized carbons (Fsp3) is 0.625. The normalized spacial score (nSPS) is 12.9. The first kappa shape index (κ1) is 15.6. The molecule has 0 aliphatic heterocycles. The van der Waals surface area contributed by atoms with Gasteiger partial charge in [0.1, 0.15) is 0 Å². The van der Waals surface area contributed by atoms with Crippen LogP contribution in [-0.4, -0.2) is 24.6 Å². The summed E-state index contributed by atoms with van der Waals surface area (Å²) in [6, 6.07) is 9.51. The minimum atomic E-state index is 0.583. The molecule has 1 aromatic carbocycles. The summed E-state index contributed by atoms with van der Waals surface area (Å²) < 4.78 is 0. The van der Waals surface area contributed by atoms with Crippen molar-refractivity contribution in [2.24, 2.45) is 5.92 Å². The molecule has 102 valence electrons. The Morgan fingerprint density at radius 1 is 1.28 bits per heavy atom. The van der Waals surface area contributed by atoms with Gasteiger partial charge in [-0.2, -0.15) is 11.8 Å². The van der Waals surface area contributed by atoms with Crippen molar-refractivity contribution in [3.63, 3.8) is 0 Å². The molecule has 1 rings (SSSR count). The van der Waals surface area contributed by atoms with Gasteiger partial charge < -0.3 is 5.32 Å². The molecular weight excluding hydrogens is 238 g/mol. The van der Waals surface area contributed by atoms with Crippen molar-refractivity contribution in [2.45, 2.75) is 39.7 Å². The molecule has 18 heavy (non-hydrogen) atoms. The Labute approximate surface area is 117 Å². The SMILES string of the molecule is CSCCC(CNC(C)C)Cc1cccc(C)c1. The van der Waals surface area contributed by atoms with Crippen molar-refractivity contribution in [1.29, 1.82) is 0 Å². The molecule has 1 aromatic rings. The van der Waals surface area contributed by atoms with Gasteiger partial charge in [-0.25, -0.2) is 0 Å². The maximum Gasteiger partial charge on any atom is 0.00104 e. The predicted molar refractivity (Wildman–Crippen MR) is 84.5 cm³/mol. The highest BCUT2D eigenvalue weighted by atomic mass is 32.2. The zero-order valence-electron chi connectivity index (χ0n) is 12.2. The second-order valence-corrected chi connectivity index (χ2v) is 6.39. The first-order valence-corrected chi connectivity index (χ1v) is 8.29. The predicted octanol–water partition coefficient (Wildman–Crippen LogP) is 3.90. The Morgan fingerprint density at radius 2 is 2.06 bits per heavy atom. The number of benzene rings is 1. The molecule has 0 heterocycles. The summed E-state index contributed by atoms with van der Waals surface area (Å²) in [5.74, 6) is 2.01. The monoisotopic (exact) mass is 265 g/mol. The van der Waals surface area contributed by atoms with Crippen molar-refractivity contribution in [3.8, 4) is 0 Å². The molecule has 0 bridgehead atoms. The van der Waals surface area contributed by atoms with Gasteiger partial charge in [0.05, 0.1) is 0 Å². The molecular formula is C16H27NS. The average molecular weight is 265 g/mol. The molecule has 0 aliphatic rings. The van der Waals surface area contributed by atoms with Gasteiger partial charge in [0, 0.05) is 6.04 Å². The van der Waals surface area contributed by atoms with Gasteiger partial charge in [0.2, 0.25) is 0 Å². The van der Waals surface area contributed by atoms with E-state index < -0.39 is 0 Å². The third-order valence-corrected chi connectivity index (χ3v) is 3.80. The summed E-state index contributed by atoms with van der Waals surface area (Å²) in [5.41, 5.74) is 2.85. The topological polar surface area (TPSA) is 12.0 Å². The molecule has 1 N–H and O–H groups in total. The van der Waals surface area contributed by atoms with Gasteiger partial charge in [-0.15, -0.1) is 0 Å². The van der Waals surface area contributed by atoms with Crippen LogP contribution < -0.4 is 5.32 Å². The minimum Gasteiger partial charge on any atom is -0.314 e. The standard InChI is InChI=1S/C16H27NS/c1-13(2)17-12-16(8-9-18-4)11-15-7-5-6-14(3)10-15/h5-7,10,13,16-17H,8-9,11-12H2,1-4H3. The fourth-order valence-corrected chi connectivity index (χ4v) is 2.70. The number of nitrogens with one attached hydrogen (secondary N) is 1. The van der Waals surface area contributed by atoms with Crippen LogP contribution in [0.3, 0.4) is 0 Å². The molecule has 0 saturated heterocycles. The van der Waals surface area contributed by atoms with Crippen molar-refractivity contribution >= 4 is 11.8 Å². The van der Waals surface area contributed by atoms with Gasteiger partial charge >= 0.3 is 0 Å². The Kier molecular flexibility index (Phi) is 7.45. The van der Waals surface area contributed by atoms with Crippen LogP contribution in [0.25, 0.3) is 0 Å². The summed E-state index contributed by atoms with van der Waals surface area (Å²) in [5, 5.41) is 3.58. The van der Waals surface area contributed by atoms with Crippen LogP contribution in [0.5, 0.6) is 0 Å². The summed E-state index contributed by atoms with van der Waals surface area (Å²) in [4.78, 5) is 0. The number of aryl methyl sites for hydroxylation is 1. The van der Waals surface area contributed by atoms with E-state index in [9.17, 15) is 0 Å². The second-order valence-electron chi connectivity index (χ2n) is 5.40. The minimum absolute atomic E-state index is 0.583. The lowest BCUT2D eigenvalue weighted by atomic mass is 9.95. The molecule has 2 heteroatoms. The number of thioether (sulfide) groups is 1. The van der Waals surface area contributed by atoms with E-state index in [0.29, 0.717) is 6.04 Å². The largest absolute Gasteiger partial charge is 0.314 e. The van der Waals surface area contributed by atoms with Crippen molar-refractivity contribution in [1.82, 2.24) is 5.32 Å². The molecule has 1 atom stereocenters. The molecule has 0 fully saturated rings. The maximum atomic E-state index is 3.58. The highest BCUT2D eigenvalue weighted by Crippen LogP contribution is 2.15. The molecule has 0 aliphatic carbocycles. The van der Waals surface area contributed by atoms with E-state index in [4.69, 9.17) is 0 Å². The smallest absolute Gasteiger partial charge is 0.00104 e. The fourth-order valence-electron chi connectivity index (χ4n) is 2.14. The van der Waals surface area contributed by atoms with Crippen LogP contribution in [0.2, 0.25) is 0 Å². The second kappa shape index (κ2) is 8.60. The Balaban J connectivity index is 2.53. The van der Waals surface area contributed by atoms with Crippen molar-refractivity contribution in [2.75, 3.05) is 18.6 Å². The van der Waals surface area contributed by atoms with Crippen LogP contribution in [-0.2, 0) is 6.42 Å². The van der Waals surface area contributed by atoms with Gasteiger partial charge in [-0.05, 0) is 49.8 Å². The quantitative estimate of drug-likeness (QED) is 0.765. The zero-order chi connectivity index (χ0) is 13.4. The van der Waals surface area contributed by atoms with E-state index >= 15 is 0 Å². The zero-order valence-corrected chi connectivity index (χ0v) is 13.0. The number of rotatable bonds is 8. The number of hydrogen-bond donors (Lipinski definition) is 1. The lowest BCUT2D eigenvalue weighted by Crippen LogP contribution is -2.30. The number of hydrogen-bond acceptors (Lipinski definition) is 2. The van der Waals surface area contributed by atoms with Crippen molar-refractivity contribution in [3.05, 3.63) is 35.4 Å². The van der Waals surface area contributed by atoms with Gasteiger partial charge in [-0.1, -0.05) is 43.7 Å². The van der Waals surface area contributed by atoms with E-state index in [2.05, 4.69) is 56.6 Å². The first-order valence-electron chi connectivity index (χ1n) is 6.89. The molecule has 1 nitrogen and oxygen atoms in total. The Bertz CT molecular complexity index is 336. The van der Waals surface area contributed by atoms with Crippen LogP contribution in [0.1, 0.15) is 31.4 Å². The highest BCUT2D eigenvalue weighted by molar-refractivity contribution is 7.98. The third-order valence-electron chi connectivity index (χ3n) is 3.15. The van der Waals surface area contributed by atoms with E-state index in [-0.39, 0.29) is 0 Å². The van der Waals surface area contributed by atoms with E-state index in [1.807, 2.05) is 11.8 Å². The first-order chi connectivity index (χ1) is 8.61. The molecule has 0 saturated carbocycles. The van der Waals surface area contributed by atoms with Gasteiger partial charge in [0.15, 0.2) is 0 Å². The van der Waals surface area contributed by atoms with Crippen LogP contribution in [0.4, 0.5) is 0 Å². The molecule has 0 spiro atoms. The highest BCUT2D eigenvalue weighted by Gasteiger charge is 2.10. The lowest BCUT2D eigenvalue weighted by Gasteiger charge is -2.19. The summed E-state index contributed by atoms with van der Waals surface area (Å²) in [6.45, 7) is 7.75. The van der Waals surface area contributed by atoms with Crippen LogP contribution >= 0.6 is 11.8 Å². The third kappa shape index (κ3) is 6.46. The molecule has 0 amide bonds. The van der Waals surface area contributed by atoms with Crippen molar-refractivity contribution < 1.29 is 0 Å². The van der Waals surface area contributed by atoms with Crippen LogP contribution in [0.15, 0.2) is 24.3 Å². The Hall–Kier alpha value is -0.470. The van der Waals surface area contributed by atoms with E-state index in [1.165, 1.54) is 29.7 Å². The van der Waals surface area contributed by atoms with E-state index in [0.717, 1.165) is 12.5 Å². The summed E-state index contributed by atoms with van der Waals surface area (Å²) >= 11 is 1.95. The maximum absolute atomic E-state index is 3.58.